The number of amides is 1. The van der Waals surface area contributed by atoms with Crippen molar-refractivity contribution in [2.45, 2.75) is 44.2 Å². The zero-order valence-corrected chi connectivity index (χ0v) is 18.7. The van der Waals surface area contributed by atoms with E-state index in [1.54, 1.807) is 64.4 Å². The molecule has 0 aliphatic carbocycles. The van der Waals surface area contributed by atoms with Gasteiger partial charge in [0.1, 0.15) is 5.60 Å². The van der Waals surface area contributed by atoms with Crippen LogP contribution in [0.2, 0.25) is 0 Å². The van der Waals surface area contributed by atoms with E-state index >= 15 is 0 Å². The molecule has 164 valence electrons. The van der Waals surface area contributed by atoms with Crippen molar-refractivity contribution in [1.82, 2.24) is 14.2 Å². The van der Waals surface area contributed by atoms with E-state index in [-0.39, 0.29) is 24.6 Å². The number of sulfonamides is 1. The van der Waals surface area contributed by atoms with Crippen LogP contribution in [0.5, 0.6) is 0 Å². The van der Waals surface area contributed by atoms with Crippen LogP contribution in [0.4, 0.5) is 4.79 Å². The molecule has 1 saturated heterocycles. The third-order valence-electron chi connectivity index (χ3n) is 4.81. The van der Waals surface area contributed by atoms with E-state index in [0.29, 0.717) is 13.2 Å². The highest BCUT2D eigenvalue weighted by molar-refractivity contribution is 7.89. The summed E-state index contributed by atoms with van der Waals surface area (Å²) in [7, 11) is -3.79. The van der Waals surface area contributed by atoms with Gasteiger partial charge in [0, 0.05) is 43.5 Å². The molecule has 30 heavy (non-hydrogen) atoms. The van der Waals surface area contributed by atoms with Crippen LogP contribution in [-0.2, 0) is 19.5 Å². The molecular formula is C21H29N3O5S. The number of pyridine rings is 1. The maximum absolute atomic E-state index is 13.4. The van der Waals surface area contributed by atoms with Crippen LogP contribution < -0.4 is 0 Å². The summed E-state index contributed by atoms with van der Waals surface area (Å²) in [6, 6.07) is 6.32. The third kappa shape index (κ3) is 5.27. The Morgan fingerprint density at radius 2 is 1.90 bits per heavy atom. The van der Waals surface area contributed by atoms with Gasteiger partial charge in [0.15, 0.2) is 0 Å². The molecule has 1 amide bonds. The topological polar surface area (TPSA) is 89.0 Å². The Bertz CT molecular complexity index is 1000. The van der Waals surface area contributed by atoms with Crippen molar-refractivity contribution in [3.05, 3.63) is 36.7 Å². The number of rotatable bonds is 2. The van der Waals surface area contributed by atoms with Crippen LogP contribution >= 0.6 is 0 Å². The summed E-state index contributed by atoms with van der Waals surface area (Å²) >= 11 is 0. The van der Waals surface area contributed by atoms with Crippen molar-refractivity contribution in [3.63, 3.8) is 0 Å². The van der Waals surface area contributed by atoms with Gasteiger partial charge in [-0.3, -0.25) is 4.98 Å². The first-order valence-electron chi connectivity index (χ1n) is 9.99. The molecular weight excluding hydrogens is 406 g/mol. The Morgan fingerprint density at radius 1 is 1.17 bits per heavy atom. The van der Waals surface area contributed by atoms with Crippen molar-refractivity contribution >= 4 is 26.9 Å². The van der Waals surface area contributed by atoms with Gasteiger partial charge < -0.3 is 14.4 Å². The Kier molecular flexibility index (Phi) is 6.64. The highest BCUT2D eigenvalue weighted by Gasteiger charge is 2.33. The first kappa shape index (κ1) is 22.5. The van der Waals surface area contributed by atoms with Crippen molar-refractivity contribution in [1.29, 1.82) is 0 Å². The van der Waals surface area contributed by atoms with Crippen LogP contribution in [0.15, 0.2) is 41.6 Å². The van der Waals surface area contributed by atoms with Gasteiger partial charge in [-0.1, -0.05) is 6.07 Å². The predicted octanol–water partition coefficient (Wildman–Crippen LogP) is 2.88. The highest BCUT2D eigenvalue weighted by atomic mass is 32.2. The normalized spacial score (nSPS) is 19.7. The van der Waals surface area contributed by atoms with E-state index in [0.717, 1.165) is 10.8 Å². The zero-order chi connectivity index (χ0) is 21.9. The van der Waals surface area contributed by atoms with E-state index in [1.165, 1.54) is 9.21 Å². The molecule has 0 radical (unpaired) electrons. The minimum Gasteiger partial charge on any atom is -0.444 e. The summed E-state index contributed by atoms with van der Waals surface area (Å²) in [5.41, 5.74) is -0.634. The number of fused-ring (bicyclic) bond motifs is 1. The average Bonchev–Trinajstić information content (AvgIpc) is 2.76. The maximum atomic E-state index is 13.4. The number of hydrogen-bond donors (Lipinski definition) is 0. The molecule has 1 atom stereocenters. The van der Waals surface area contributed by atoms with Crippen molar-refractivity contribution in [2.24, 2.45) is 0 Å². The highest BCUT2D eigenvalue weighted by Crippen LogP contribution is 2.24. The maximum Gasteiger partial charge on any atom is 0.410 e. The summed E-state index contributed by atoms with van der Waals surface area (Å²) in [4.78, 5) is 18.4. The van der Waals surface area contributed by atoms with Crippen LogP contribution in [0.25, 0.3) is 10.8 Å². The van der Waals surface area contributed by atoms with Crippen molar-refractivity contribution < 1.29 is 22.7 Å². The lowest BCUT2D eigenvalue weighted by molar-refractivity contribution is 0.0183. The molecule has 2 aromatic rings. The lowest BCUT2D eigenvalue weighted by Crippen LogP contribution is -2.48. The van der Waals surface area contributed by atoms with Gasteiger partial charge in [0.2, 0.25) is 10.0 Å². The fraction of sp³-hybridized carbons (Fsp3) is 0.524. The molecule has 1 aromatic heterocycles. The number of benzene rings is 1. The number of carbonyl (C=O) groups excluding carboxylic acids is 1. The molecule has 9 heteroatoms. The monoisotopic (exact) mass is 435 g/mol. The van der Waals surface area contributed by atoms with Gasteiger partial charge in [-0.05, 0) is 51.3 Å². The van der Waals surface area contributed by atoms with Crippen molar-refractivity contribution in [2.75, 3.05) is 32.8 Å². The first-order valence-corrected chi connectivity index (χ1v) is 11.4. The van der Waals surface area contributed by atoms with E-state index in [4.69, 9.17) is 9.47 Å². The van der Waals surface area contributed by atoms with Crippen LogP contribution in [-0.4, -0.2) is 73.2 Å². The molecule has 0 bridgehead atoms. The number of aromatic nitrogens is 1. The number of nitrogens with zero attached hydrogens (tertiary/aromatic N) is 3. The Morgan fingerprint density at radius 3 is 2.63 bits per heavy atom. The second-order valence-electron chi connectivity index (χ2n) is 8.39. The number of carbonyl (C=O) groups is 1. The molecule has 0 saturated carbocycles. The fourth-order valence-electron chi connectivity index (χ4n) is 3.36. The molecule has 1 aliphatic heterocycles. The molecule has 3 rings (SSSR count). The van der Waals surface area contributed by atoms with Crippen molar-refractivity contribution in [3.8, 4) is 0 Å². The van der Waals surface area contributed by atoms with E-state index < -0.39 is 27.8 Å². The van der Waals surface area contributed by atoms with Crippen LogP contribution in [0.3, 0.4) is 0 Å². The molecule has 0 unspecified atom stereocenters. The molecule has 2 heterocycles. The third-order valence-corrected chi connectivity index (χ3v) is 6.82. The number of hydrogen-bond acceptors (Lipinski definition) is 6. The molecule has 0 spiro atoms. The Balaban J connectivity index is 1.87. The molecule has 1 fully saturated rings. The fourth-order valence-corrected chi connectivity index (χ4v) is 5.00. The molecule has 0 N–H and O–H groups in total. The molecule has 1 aliphatic rings. The lowest BCUT2D eigenvalue weighted by atomic mass is 10.2. The molecule has 8 nitrogen and oxygen atoms in total. The summed E-state index contributed by atoms with van der Waals surface area (Å²) in [6.45, 7) is 8.54. The van der Waals surface area contributed by atoms with Gasteiger partial charge in [-0.25, -0.2) is 13.2 Å². The second-order valence-corrected chi connectivity index (χ2v) is 10.3. The quantitative estimate of drug-likeness (QED) is 0.721. The summed E-state index contributed by atoms with van der Waals surface area (Å²) in [5.74, 6) is 0. The Labute approximate surface area is 177 Å². The standard InChI is InChI=1S/C21H29N3O5S/c1-16-15-23(20(25)29-21(2,3)4)9-11-28-12-10-24(16)30(26,27)19-6-5-18-14-22-8-7-17(18)13-19/h5-8,13-14,16H,9-12,15H2,1-4H3/t16-/m1/s1. The Hall–Kier alpha value is -2.23. The van der Waals surface area contributed by atoms with E-state index in [1.807, 2.05) is 0 Å². The van der Waals surface area contributed by atoms with E-state index in [2.05, 4.69) is 4.98 Å². The summed E-state index contributed by atoms with van der Waals surface area (Å²) in [5, 5.41) is 1.67. The zero-order valence-electron chi connectivity index (χ0n) is 17.9. The van der Waals surface area contributed by atoms with Gasteiger partial charge in [-0.2, -0.15) is 4.31 Å². The SMILES string of the molecule is C[C@@H]1CN(C(=O)OC(C)(C)C)CCOCCN1S(=O)(=O)c1ccc2cnccc2c1. The van der Waals surface area contributed by atoms with Gasteiger partial charge in [0.05, 0.1) is 18.1 Å². The lowest BCUT2D eigenvalue weighted by Gasteiger charge is -2.32. The first-order chi connectivity index (χ1) is 14.1. The van der Waals surface area contributed by atoms with Crippen LogP contribution in [0.1, 0.15) is 27.7 Å². The van der Waals surface area contributed by atoms with Gasteiger partial charge >= 0.3 is 6.09 Å². The summed E-state index contributed by atoms with van der Waals surface area (Å²) < 4.78 is 39.3. The minimum absolute atomic E-state index is 0.205. The number of ether oxygens (including phenoxy) is 2. The smallest absolute Gasteiger partial charge is 0.410 e. The van der Waals surface area contributed by atoms with Crippen LogP contribution in [0, 0.1) is 0 Å². The average molecular weight is 436 g/mol. The van der Waals surface area contributed by atoms with E-state index in [9.17, 15) is 13.2 Å². The predicted molar refractivity (Wildman–Crippen MR) is 114 cm³/mol. The summed E-state index contributed by atoms with van der Waals surface area (Å²) in [6.07, 6.45) is 2.85. The minimum atomic E-state index is -3.79. The van der Waals surface area contributed by atoms with Gasteiger partial charge in [0.25, 0.3) is 0 Å². The second kappa shape index (κ2) is 8.87. The van der Waals surface area contributed by atoms with Gasteiger partial charge in [-0.15, -0.1) is 0 Å². The largest absolute Gasteiger partial charge is 0.444 e. The molecule has 1 aromatic carbocycles.